The molecular formula is C12H20ClN3. The van der Waals surface area contributed by atoms with Crippen molar-refractivity contribution in [3.8, 4) is 0 Å². The van der Waals surface area contributed by atoms with Gasteiger partial charge in [0.1, 0.15) is 0 Å². The van der Waals surface area contributed by atoms with E-state index in [2.05, 4.69) is 30.3 Å². The number of nitrogens with zero attached hydrogens (tertiary/aromatic N) is 2. The monoisotopic (exact) mass is 241 g/mol. The molecule has 1 aliphatic rings. The van der Waals surface area contributed by atoms with Crippen LogP contribution in [0.5, 0.6) is 0 Å². The summed E-state index contributed by atoms with van der Waals surface area (Å²) in [5.74, 6) is 0. The molecule has 16 heavy (non-hydrogen) atoms. The molecule has 1 aromatic rings. The molecule has 0 bridgehead atoms. The molecule has 90 valence electrons. The standard InChI is InChI=1S/C12H20ClN3/c1-12(2)10(13)8-11(12)14-6-4-9-5-7-15-16(9)3/h5,7,10-11,14H,4,6,8H2,1-3H3. The summed E-state index contributed by atoms with van der Waals surface area (Å²) in [6.45, 7) is 5.46. The zero-order valence-electron chi connectivity index (χ0n) is 10.2. The van der Waals surface area contributed by atoms with Crippen molar-refractivity contribution in [3.05, 3.63) is 18.0 Å². The van der Waals surface area contributed by atoms with Crippen molar-refractivity contribution in [1.82, 2.24) is 15.1 Å². The van der Waals surface area contributed by atoms with Gasteiger partial charge in [-0.05, 0) is 17.9 Å². The van der Waals surface area contributed by atoms with Gasteiger partial charge in [-0.1, -0.05) is 13.8 Å². The van der Waals surface area contributed by atoms with Crippen molar-refractivity contribution in [2.75, 3.05) is 6.54 Å². The third-order valence-corrected chi connectivity index (χ3v) is 4.58. The summed E-state index contributed by atoms with van der Waals surface area (Å²) >= 11 is 6.18. The van der Waals surface area contributed by atoms with Gasteiger partial charge in [0.05, 0.1) is 0 Å². The molecule has 0 aromatic carbocycles. The molecule has 0 spiro atoms. The highest BCUT2D eigenvalue weighted by atomic mass is 35.5. The van der Waals surface area contributed by atoms with E-state index in [-0.39, 0.29) is 5.41 Å². The summed E-state index contributed by atoms with van der Waals surface area (Å²) in [6, 6.07) is 2.63. The Balaban J connectivity index is 1.76. The van der Waals surface area contributed by atoms with Gasteiger partial charge in [0, 0.05) is 43.3 Å². The van der Waals surface area contributed by atoms with Crippen LogP contribution in [0.1, 0.15) is 26.0 Å². The van der Waals surface area contributed by atoms with E-state index in [0.29, 0.717) is 11.4 Å². The SMILES string of the molecule is Cn1nccc1CCNC1CC(Cl)C1(C)C. The van der Waals surface area contributed by atoms with Crippen LogP contribution in [0, 0.1) is 5.41 Å². The second-order valence-corrected chi connectivity index (χ2v) is 5.75. The molecule has 2 atom stereocenters. The molecule has 0 amide bonds. The predicted octanol–water partition coefficient (Wildman–Crippen LogP) is 1.96. The molecule has 1 heterocycles. The van der Waals surface area contributed by atoms with Gasteiger partial charge in [0.15, 0.2) is 0 Å². The number of rotatable bonds is 4. The third-order valence-electron chi connectivity index (χ3n) is 3.84. The zero-order chi connectivity index (χ0) is 11.8. The molecule has 0 saturated heterocycles. The van der Waals surface area contributed by atoms with E-state index in [0.717, 1.165) is 19.4 Å². The molecule has 1 aliphatic carbocycles. The van der Waals surface area contributed by atoms with Crippen LogP contribution in [0.25, 0.3) is 0 Å². The van der Waals surface area contributed by atoms with Gasteiger partial charge in [0.2, 0.25) is 0 Å². The van der Waals surface area contributed by atoms with Crippen LogP contribution in [-0.2, 0) is 13.5 Å². The van der Waals surface area contributed by atoms with E-state index in [1.54, 1.807) is 0 Å². The van der Waals surface area contributed by atoms with Gasteiger partial charge in [0.25, 0.3) is 0 Å². The fourth-order valence-electron chi connectivity index (χ4n) is 2.24. The second kappa shape index (κ2) is 4.38. The maximum absolute atomic E-state index is 6.18. The van der Waals surface area contributed by atoms with Crippen LogP contribution in [0.4, 0.5) is 0 Å². The summed E-state index contributed by atoms with van der Waals surface area (Å²) in [4.78, 5) is 0. The van der Waals surface area contributed by atoms with Crippen LogP contribution in [-0.4, -0.2) is 27.7 Å². The topological polar surface area (TPSA) is 29.9 Å². The summed E-state index contributed by atoms with van der Waals surface area (Å²) in [7, 11) is 1.98. The average Bonchev–Trinajstić information content (AvgIpc) is 2.63. The Kier molecular flexibility index (Phi) is 3.27. The van der Waals surface area contributed by atoms with E-state index >= 15 is 0 Å². The summed E-state index contributed by atoms with van der Waals surface area (Å²) < 4.78 is 1.93. The Labute approximate surface area is 102 Å². The van der Waals surface area contributed by atoms with Crippen LogP contribution in [0.3, 0.4) is 0 Å². The van der Waals surface area contributed by atoms with Gasteiger partial charge >= 0.3 is 0 Å². The van der Waals surface area contributed by atoms with Gasteiger partial charge < -0.3 is 5.32 Å². The largest absolute Gasteiger partial charge is 0.313 e. The molecule has 1 N–H and O–H groups in total. The Hall–Kier alpha value is -0.540. The lowest BCUT2D eigenvalue weighted by atomic mass is 9.67. The van der Waals surface area contributed by atoms with Crippen LogP contribution < -0.4 is 5.32 Å². The summed E-state index contributed by atoms with van der Waals surface area (Å²) in [5.41, 5.74) is 1.50. The molecule has 4 heteroatoms. The van der Waals surface area contributed by atoms with E-state index in [4.69, 9.17) is 11.6 Å². The average molecular weight is 242 g/mol. The normalized spacial score (nSPS) is 27.8. The predicted molar refractivity (Wildman–Crippen MR) is 66.7 cm³/mol. The first-order chi connectivity index (χ1) is 7.51. The molecule has 1 aromatic heterocycles. The number of nitrogens with one attached hydrogen (secondary N) is 1. The molecule has 2 rings (SSSR count). The molecule has 0 aliphatic heterocycles. The Morgan fingerprint density at radius 3 is 2.88 bits per heavy atom. The van der Waals surface area contributed by atoms with Gasteiger partial charge in [-0.2, -0.15) is 5.10 Å². The second-order valence-electron chi connectivity index (χ2n) is 5.23. The minimum atomic E-state index is 0.230. The lowest BCUT2D eigenvalue weighted by molar-refractivity contribution is 0.117. The first kappa shape index (κ1) is 11.9. The van der Waals surface area contributed by atoms with Crippen LogP contribution in [0.2, 0.25) is 0 Å². The van der Waals surface area contributed by atoms with Gasteiger partial charge in [-0.3, -0.25) is 4.68 Å². The molecule has 0 radical (unpaired) electrons. The molecule has 1 fully saturated rings. The van der Waals surface area contributed by atoms with Crippen molar-refractivity contribution in [2.24, 2.45) is 12.5 Å². The van der Waals surface area contributed by atoms with Gasteiger partial charge in [-0.15, -0.1) is 11.6 Å². The number of aromatic nitrogens is 2. The maximum atomic E-state index is 6.18. The van der Waals surface area contributed by atoms with Crippen LogP contribution >= 0.6 is 11.6 Å². The Bertz CT molecular complexity index is 359. The quantitative estimate of drug-likeness (QED) is 0.817. The Morgan fingerprint density at radius 2 is 2.38 bits per heavy atom. The zero-order valence-corrected chi connectivity index (χ0v) is 11.0. The molecule has 3 nitrogen and oxygen atoms in total. The maximum Gasteiger partial charge on any atom is 0.0492 e. The van der Waals surface area contributed by atoms with E-state index < -0.39 is 0 Å². The fourth-order valence-corrected chi connectivity index (χ4v) is 2.57. The minimum absolute atomic E-state index is 0.230. The van der Waals surface area contributed by atoms with E-state index in [9.17, 15) is 0 Å². The van der Waals surface area contributed by atoms with Crippen molar-refractivity contribution in [1.29, 1.82) is 0 Å². The number of aryl methyl sites for hydroxylation is 1. The number of hydrogen-bond acceptors (Lipinski definition) is 2. The highest BCUT2D eigenvalue weighted by Crippen LogP contribution is 2.44. The number of halogens is 1. The first-order valence-electron chi connectivity index (χ1n) is 5.86. The van der Waals surface area contributed by atoms with Crippen molar-refractivity contribution >= 4 is 11.6 Å². The summed E-state index contributed by atoms with van der Waals surface area (Å²) in [6.07, 6.45) is 3.95. The Morgan fingerprint density at radius 1 is 1.62 bits per heavy atom. The molecule has 1 saturated carbocycles. The summed E-state index contributed by atoms with van der Waals surface area (Å²) in [5, 5.41) is 8.06. The highest BCUT2D eigenvalue weighted by molar-refractivity contribution is 6.21. The first-order valence-corrected chi connectivity index (χ1v) is 6.30. The smallest absolute Gasteiger partial charge is 0.0492 e. The van der Waals surface area contributed by atoms with E-state index in [1.807, 2.05) is 17.9 Å². The number of alkyl halides is 1. The van der Waals surface area contributed by atoms with Crippen LogP contribution in [0.15, 0.2) is 12.3 Å². The fraction of sp³-hybridized carbons (Fsp3) is 0.750. The van der Waals surface area contributed by atoms with Crippen molar-refractivity contribution < 1.29 is 0 Å². The highest BCUT2D eigenvalue weighted by Gasteiger charge is 2.46. The lowest BCUT2D eigenvalue weighted by Crippen LogP contribution is -2.58. The number of hydrogen-bond donors (Lipinski definition) is 1. The molecular weight excluding hydrogens is 222 g/mol. The van der Waals surface area contributed by atoms with E-state index in [1.165, 1.54) is 5.69 Å². The molecule has 2 unspecified atom stereocenters. The third kappa shape index (κ3) is 2.11. The minimum Gasteiger partial charge on any atom is -0.313 e. The van der Waals surface area contributed by atoms with Crippen molar-refractivity contribution in [3.63, 3.8) is 0 Å². The van der Waals surface area contributed by atoms with Crippen molar-refractivity contribution in [2.45, 2.75) is 38.1 Å². The lowest BCUT2D eigenvalue weighted by Gasteiger charge is -2.49. The van der Waals surface area contributed by atoms with Gasteiger partial charge in [-0.25, -0.2) is 0 Å².